The number of carbonyl (C=O) groups is 2. The van der Waals surface area contributed by atoms with E-state index in [9.17, 15) is 14.7 Å². The molecule has 10 nitrogen and oxygen atoms in total. The Labute approximate surface area is 195 Å². The second-order valence-corrected chi connectivity index (χ2v) is 8.08. The minimum Gasteiger partial charge on any atom is -0.391 e. The summed E-state index contributed by atoms with van der Waals surface area (Å²) in [6, 6.07) is 12.4. The van der Waals surface area contributed by atoms with Crippen molar-refractivity contribution in [2.45, 2.75) is 18.6 Å². The smallest absolute Gasteiger partial charge is 0.322 e. The van der Waals surface area contributed by atoms with Crippen molar-refractivity contribution in [3.8, 4) is 6.19 Å². The van der Waals surface area contributed by atoms with Crippen LogP contribution in [0.3, 0.4) is 0 Å². The minimum atomic E-state index is -0.816. The number of carbonyl (C=O) groups excluding carboxylic acids is 2. The van der Waals surface area contributed by atoms with Crippen molar-refractivity contribution in [1.29, 1.82) is 5.26 Å². The van der Waals surface area contributed by atoms with Gasteiger partial charge in [-0.15, -0.1) is 4.99 Å². The van der Waals surface area contributed by atoms with Gasteiger partial charge in [-0.1, -0.05) is 11.6 Å². The molecule has 2 atom stereocenters. The lowest BCUT2D eigenvalue weighted by atomic mass is 10.1. The highest BCUT2D eigenvalue weighted by Gasteiger charge is 2.39. The van der Waals surface area contributed by atoms with Crippen LogP contribution in [0.25, 0.3) is 0 Å². The molecule has 0 bridgehead atoms. The van der Waals surface area contributed by atoms with E-state index in [1.165, 1.54) is 4.90 Å². The predicted octanol–water partition coefficient (Wildman–Crippen LogP) is 2.19. The molecule has 2 aromatic carbocycles. The van der Waals surface area contributed by atoms with E-state index in [-0.39, 0.29) is 18.9 Å². The molecule has 0 unspecified atom stereocenters. The van der Waals surface area contributed by atoms with Crippen molar-refractivity contribution >= 4 is 46.6 Å². The van der Waals surface area contributed by atoms with Crippen LogP contribution in [0.4, 0.5) is 21.9 Å². The first-order chi connectivity index (χ1) is 15.9. The molecular formula is C22H22ClN7O3. The predicted molar refractivity (Wildman–Crippen MR) is 125 cm³/mol. The van der Waals surface area contributed by atoms with Crippen LogP contribution in [0.5, 0.6) is 0 Å². The Morgan fingerprint density at radius 3 is 2.48 bits per heavy atom. The van der Waals surface area contributed by atoms with Gasteiger partial charge in [-0.05, 0) is 48.5 Å². The summed E-state index contributed by atoms with van der Waals surface area (Å²) in [6.07, 6.45) is 1.13. The first kappa shape index (κ1) is 22.4. The number of nitrogens with one attached hydrogen (secondary N) is 3. The molecule has 0 saturated carbocycles. The summed E-state index contributed by atoms with van der Waals surface area (Å²) >= 11 is 5.87. The Balaban J connectivity index is 1.41. The van der Waals surface area contributed by atoms with Gasteiger partial charge in [0.1, 0.15) is 6.04 Å². The molecule has 2 aliphatic rings. The van der Waals surface area contributed by atoms with Crippen molar-refractivity contribution in [2.75, 3.05) is 35.2 Å². The molecule has 2 saturated heterocycles. The zero-order valence-corrected chi connectivity index (χ0v) is 18.3. The number of urea groups is 1. The van der Waals surface area contributed by atoms with E-state index in [0.29, 0.717) is 35.4 Å². The Kier molecular flexibility index (Phi) is 6.63. The Morgan fingerprint density at radius 1 is 1.12 bits per heavy atom. The molecule has 4 rings (SSSR count). The van der Waals surface area contributed by atoms with Gasteiger partial charge in [-0.25, -0.2) is 4.79 Å². The number of nitriles is 1. The molecule has 0 aromatic heterocycles. The van der Waals surface area contributed by atoms with Crippen molar-refractivity contribution in [3.05, 3.63) is 53.6 Å². The van der Waals surface area contributed by atoms with Gasteiger partial charge in [-0.2, -0.15) is 5.26 Å². The lowest BCUT2D eigenvalue weighted by molar-refractivity contribution is -0.119. The van der Waals surface area contributed by atoms with Gasteiger partial charge in [0.2, 0.25) is 18.1 Å². The summed E-state index contributed by atoms with van der Waals surface area (Å²) < 4.78 is 0. The average Bonchev–Trinajstić information content (AvgIpc) is 3.43. The van der Waals surface area contributed by atoms with E-state index in [2.05, 4.69) is 20.9 Å². The highest BCUT2D eigenvalue weighted by atomic mass is 35.5. The number of aliphatic hydroxyl groups is 1. The molecular weight excluding hydrogens is 446 g/mol. The van der Waals surface area contributed by atoms with Gasteiger partial charge in [0, 0.05) is 48.1 Å². The average molecular weight is 468 g/mol. The van der Waals surface area contributed by atoms with Crippen LogP contribution in [-0.4, -0.2) is 59.7 Å². The van der Waals surface area contributed by atoms with E-state index in [1.807, 2.05) is 17.0 Å². The molecule has 2 aromatic rings. The van der Waals surface area contributed by atoms with Crippen LogP contribution in [0.2, 0.25) is 5.02 Å². The zero-order chi connectivity index (χ0) is 23.4. The zero-order valence-electron chi connectivity index (χ0n) is 17.5. The third kappa shape index (κ3) is 5.16. The SMILES string of the molecule is N#CN=C1NCCN1c1ccc(NC(=O)[C@H]2C[C@@H](O)CN2C(=O)Nc2ccc(Cl)cc2)cc1. The van der Waals surface area contributed by atoms with Crippen LogP contribution >= 0.6 is 11.6 Å². The van der Waals surface area contributed by atoms with Gasteiger partial charge in [0.25, 0.3) is 0 Å². The molecule has 11 heteroatoms. The van der Waals surface area contributed by atoms with Crippen LogP contribution in [0.1, 0.15) is 6.42 Å². The molecule has 170 valence electrons. The van der Waals surface area contributed by atoms with Gasteiger partial charge in [0.15, 0.2) is 0 Å². The highest BCUT2D eigenvalue weighted by Crippen LogP contribution is 2.24. The second kappa shape index (κ2) is 9.77. The van der Waals surface area contributed by atoms with E-state index < -0.39 is 18.2 Å². The number of likely N-dealkylation sites (tertiary alicyclic amines) is 1. The minimum absolute atomic E-state index is 0.0550. The van der Waals surface area contributed by atoms with Crippen LogP contribution in [0.15, 0.2) is 53.5 Å². The number of rotatable bonds is 4. The second-order valence-electron chi connectivity index (χ2n) is 7.64. The summed E-state index contributed by atoms with van der Waals surface area (Å²) in [7, 11) is 0. The standard InChI is InChI=1S/C22H22ClN7O3/c23-14-1-3-16(4-2-14)28-22(33)30-12-18(31)11-19(30)20(32)27-15-5-7-17(8-6-15)29-10-9-25-21(29)26-13-24/h1-8,18-19,31H,9-12H2,(H,25,26)(H,27,32)(H,28,33)/t18-,19-/m1/s1. The summed E-state index contributed by atoms with van der Waals surface area (Å²) in [4.78, 5) is 32.6. The molecule has 3 amide bonds. The fourth-order valence-electron chi connectivity index (χ4n) is 3.85. The number of hydrogen-bond donors (Lipinski definition) is 4. The Hall–Kier alpha value is -3.81. The van der Waals surface area contributed by atoms with Gasteiger partial charge in [0.05, 0.1) is 6.10 Å². The molecule has 0 spiro atoms. The molecule has 33 heavy (non-hydrogen) atoms. The maximum absolute atomic E-state index is 12.9. The van der Waals surface area contributed by atoms with Crippen molar-refractivity contribution in [2.24, 2.45) is 4.99 Å². The number of amides is 3. The Bertz CT molecular complexity index is 1100. The van der Waals surface area contributed by atoms with Crippen LogP contribution in [0, 0.1) is 11.5 Å². The van der Waals surface area contributed by atoms with Crippen molar-refractivity contribution < 1.29 is 14.7 Å². The summed E-state index contributed by atoms with van der Waals surface area (Å²) in [5.41, 5.74) is 1.91. The van der Waals surface area contributed by atoms with E-state index in [0.717, 1.165) is 5.69 Å². The summed E-state index contributed by atoms with van der Waals surface area (Å²) in [5, 5.41) is 28.0. The molecule has 2 aliphatic heterocycles. The quantitative estimate of drug-likeness (QED) is 0.509. The van der Waals surface area contributed by atoms with Crippen LogP contribution in [-0.2, 0) is 4.79 Å². The number of nitrogens with zero attached hydrogens (tertiary/aromatic N) is 4. The molecule has 0 aliphatic carbocycles. The van der Waals surface area contributed by atoms with Crippen molar-refractivity contribution in [1.82, 2.24) is 10.2 Å². The van der Waals surface area contributed by atoms with Crippen molar-refractivity contribution in [3.63, 3.8) is 0 Å². The van der Waals surface area contributed by atoms with E-state index >= 15 is 0 Å². The number of β-amino-alcohol motifs (C(OH)–C–C–N with tert-alkyl or cyclic N) is 1. The number of aliphatic imine (C=N–C) groups is 1. The van der Waals surface area contributed by atoms with E-state index in [1.54, 1.807) is 42.6 Å². The molecule has 2 fully saturated rings. The molecule has 2 heterocycles. The first-order valence-corrected chi connectivity index (χ1v) is 10.7. The highest BCUT2D eigenvalue weighted by molar-refractivity contribution is 6.30. The maximum Gasteiger partial charge on any atom is 0.322 e. The normalized spacial score (nSPS) is 20.9. The number of aliphatic hydroxyl groups excluding tert-OH is 1. The first-order valence-electron chi connectivity index (χ1n) is 10.3. The molecule has 0 radical (unpaired) electrons. The Morgan fingerprint density at radius 2 is 1.79 bits per heavy atom. The number of halogens is 1. The number of hydrogen-bond acceptors (Lipinski definition) is 5. The van der Waals surface area contributed by atoms with Gasteiger partial charge in [-0.3, -0.25) is 4.79 Å². The number of benzene rings is 2. The van der Waals surface area contributed by atoms with Gasteiger partial charge < -0.3 is 30.9 Å². The third-order valence-electron chi connectivity index (χ3n) is 5.41. The third-order valence-corrected chi connectivity index (χ3v) is 5.67. The number of anilines is 3. The van der Waals surface area contributed by atoms with Gasteiger partial charge >= 0.3 is 6.03 Å². The monoisotopic (exact) mass is 467 g/mol. The van der Waals surface area contributed by atoms with Crippen LogP contribution < -0.4 is 20.9 Å². The largest absolute Gasteiger partial charge is 0.391 e. The lowest BCUT2D eigenvalue weighted by Crippen LogP contribution is -2.45. The number of guanidine groups is 1. The summed E-state index contributed by atoms with van der Waals surface area (Å²) in [6.45, 7) is 1.40. The maximum atomic E-state index is 12.9. The lowest BCUT2D eigenvalue weighted by Gasteiger charge is -2.24. The van der Waals surface area contributed by atoms with E-state index in [4.69, 9.17) is 16.9 Å². The molecule has 4 N–H and O–H groups in total. The fourth-order valence-corrected chi connectivity index (χ4v) is 3.97. The topological polar surface area (TPSA) is 133 Å². The fraction of sp³-hybridized carbons (Fsp3) is 0.273. The summed E-state index contributed by atoms with van der Waals surface area (Å²) in [5.74, 6) is 0.0942.